The third-order valence-corrected chi connectivity index (χ3v) is 7.95. The van der Waals surface area contributed by atoms with Crippen molar-refractivity contribution in [2.24, 2.45) is 0 Å². The highest BCUT2D eigenvalue weighted by Crippen LogP contribution is 2.36. The van der Waals surface area contributed by atoms with Gasteiger partial charge in [-0.3, -0.25) is 4.98 Å². The van der Waals surface area contributed by atoms with Gasteiger partial charge >= 0.3 is 0 Å². The van der Waals surface area contributed by atoms with E-state index in [4.69, 9.17) is 0 Å². The number of aromatic nitrogens is 1. The van der Waals surface area contributed by atoms with Crippen LogP contribution < -0.4 is 10.0 Å². The molecule has 0 saturated heterocycles. The molecule has 1 aromatic heterocycles. The second-order valence-electron chi connectivity index (χ2n) is 9.05. The maximum atomic E-state index is 13.3. The van der Waals surface area contributed by atoms with Gasteiger partial charge in [-0.05, 0) is 61.7 Å². The van der Waals surface area contributed by atoms with Crippen molar-refractivity contribution in [3.63, 3.8) is 0 Å². The van der Waals surface area contributed by atoms with Gasteiger partial charge in [-0.1, -0.05) is 84.4 Å². The largest absolute Gasteiger partial charge is 0.311 e. The van der Waals surface area contributed by atoms with Crippen LogP contribution in [0, 0.1) is 6.92 Å². The lowest BCUT2D eigenvalue weighted by molar-refractivity contribution is 0.436. The molecule has 4 rings (SSSR count). The molecule has 4 aromatic rings. The molecule has 3 aromatic carbocycles. The number of rotatable bonds is 12. The van der Waals surface area contributed by atoms with Crippen molar-refractivity contribution in [3.8, 4) is 0 Å². The summed E-state index contributed by atoms with van der Waals surface area (Å²) in [4.78, 5) is 4.65. The van der Waals surface area contributed by atoms with Crippen LogP contribution in [-0.4, -0.2) is 26.5 Å². The van der Waals surface area contributed by atoms with Crippen LogP contribution >= 0.6 is 24.8 Å². The van der Waals surface area contributed by atoms with Gasteiger partial charge in [0.2, 0.25) is 10.0 Å². The Kier molecular flexibility index (Phi) is 12.4. The standard InChI is InChI=1S/C30H33N3O2S.2ClH/c1-25-16-18-29(19-17-25)36(34,35)33-24-30(26-11-4-2-5-12-26,27-13-6-3-7-14-27)20-10-21-31-23-28-15-8-9-22-32-28;;/h2-9,11-19,22,31,33H,10,20-21,23-24H2,1H3;2*1H. The molecule has 0 atom stereocenters. The SMILES string of the molecule is Cc1ccc(S(=O)(=O)NCC(CCCNCc2ccccn2)(c2ccccc2)c2ccccc2)cc1.Cl.Cl. The lowest BCUT2D eigenvalue weighted by Gasteiger charge is -2.36. The molecule has 202 valence electrons. The number of hydrogen-bond donors (Lipinski definition) is 2. The molecule has 8 heteroatoms. The first-order chi connectivity index (χ1) is 17.5. The molecule has 38 heavy (non-hydrogen) atoms. The molecule has 0 amide bonds. The molecular weight excluding hydrogens is 537 g/mol. The van der Waals surface area contributed by atoms with E-state index in [1.807, 2.05) is 73.7 Å². The van der Waals surface area contributed by atoms with Crippen LogP contribution in [0.15, 0.2) is 114 Å². The number of benzene rings is 3. The summed E-state index contributed by atoms with van der Waals surface area (Å²) in [6, 6.07) is 33.3. The number of pyridine rings is 1. The fourth-order valence-corrected chi connectivity index (χ4v) is 5.61. The minimum absolute atomic E-state index is 0. The van der Waals surface area contributed by atoms with Crippen LogP contribution in [0.3, 0.4) is 0 Å². The number of nitrogens with zero attached hydrogens (tertiary/aromatic N) is 1. The van der Waals surface area contributed by atoms with Gasteiger partial charge in [0, 0.05) is 24.7 Å². The van der Waals surface area contributed by atoms with Gasteiger partial charge in [0.15, 0.2) is 0 Å². The van der Waals surface area contributed by atoms with Crippen LogP contribution in [0.1, 0.15) is 35.2 Å². The average molecular weight is 573 g/mol. The third kappa shape index (κ3) is 8.13. The molecule has 0 aliphatic rings. The maximum Gasteiger partial charge on any atom is 0.240 e. The Morgan fingerprint density at radius 1 is 0.763 bits per heavy atom. The second-order valence-corrected chi connectivity index (χ2v) is 10.8. The normalized spacial score (nSPS) is 11.3. The van der Waals surface area contributed by atoms with Crippen molar-refractivity contribution in [2.75, 3.05) is 13.1 Å². The summed E-state index contributed by atoms with van der Waals surface area (Å²) in [5, 5.41) is 3.48. The number of sulfonamides is 1. The zero-order valence-electron chi connectivity index (χ0n) is 21.4. The zero-order valence-corrected chi connectivity index (χ0v) is 23.9. The lowest BCUT2D eigenvalue weighted by Crippen LogP contribution is -2.42. The van der Waals surface area contributed by atoms with Crippen LogP contribution in [0.4, 0.5) is 0 Å². The Bertz CT molecular complexity index is 1280. The van der Waals surface area contributed by atoms with E-state index in [2.05, 4.69) is 39.3 Å². The summed E-state index contributed by atoms with van der Waals surface area (Å²) in [5.74, 6) is 0. The fourth-order valence-electron chi connectivity index (χ4n) is 4.52. The lowest BCUT2D eigenvalue weighted by atomic mass is 9.71. The van der Waals surface area contributed by atoms with Crippen LogP contribution in [0.2, 0.25) is 0 Å². The van der Waals surface area contributed by atoms with Gasteiger partial charge < -0.3 is 5.32 Å². The van der Waals surface area contributed by atoms with Crippen molar-refractivity contribution in [2.45, 2.75) is 36.6 Å². The number of hydrogen-bond acceptors (Lipinski definition) is 4. The Labute approximate surface area is 239 Å². The monoisotopic (exact) mass is 571 g/mol. The molecule has 2 N–H and O–H groups in total. The Morgan fingerprint density at radius 3 is 1.89 bits per heavy atom. The molecular formula is C30H35Cl2N3O2S. The van der Waals surface area contributed by atoms with E-state index in [1.165, 1.54) is 0 Å². The quantitative estimate of drug-likeness (QED) is 0.202. The Hall–Kier alpha value is -2.74. The van der Waals surface area contributed by atoms with Crippen LogP contribution in [0.25, 0.3) is 0 Å². The van der Waals surface area contributed by atoms with Crippen LogP contribution in [0.5, 0.6) is 0 Å². The molecule has 0 fully saturated rings. The number of halogens is 2. The number of nitrogens with one attached hydrogen (secondary N) is 2. The first kappa shape index (κ1) is 31.5. The highest BCUT2D eigenvalue weighted by Gasteiger charge is 2.35. The summed E-state index contributed by atoms with van der Waals surface area (Å²) >= 11 is 0. The van der Waals surface area contributed by atoms with E-state index in [-0.39, 0.29) is 36.3 Å². The summed E-state index contributed by atoms with van der Waals surface area (Å²) in [6.45, 7) is 3.70. The topological polar surface area (TPSA) is 71.1 Å². The van der Waals surface area contributed by atoms with E-state index in [0.29, 0.717) is 6.54 Å². The molecule has 0 unspecified atom stereocenters. The van der Waals surface area contributed by atoms with Gasteiger partial charge in [-0.25, -0.2) is 13.1 Å². The zero-order chi connectivity index (χ0) is 25.3. The number of aryl methyl sites for hydroxylation is 1. The molecule has 0 saturated carbocycles. The van der Waals surface area contributed by atoms with Crippen molar-refractivity contribution >= 4 is 34.8 Å². The van der Waals surface area contributed by atoms with E-state index in [9.17, 15) is 8.42 Å². The summed E-state index contributed by atoms with van der Waals surface area (Å²) in [6.07, 6.45) is 3.43. The average Bonchev–Trinajstić information content (AvgIpc) is 2.92. The third-order valence-electron chi connectivity index (χ3n) is 6.54. The van der Waals surface area contributed by atoms with E-state index in [1.54, 1.807) is 18.3 Å². The fraction of sp³-hybridized carbons (Fsp3) is 0.233. The Balaban J connectivity index is 0.00000253. The molecule has 5 nitrogen and oxygen atoms in total. The van der Waals surface area contributed by atoms with Gasteiger partial charge in [-0.2, -0.15) is 0 Å². The summed E-state index contributed by atoms with van der Waals surface area (Å²) in [7, 11) is -3.67. The molecule has 1 heterocycles. The van der Waals surface area contributed by atoms with Crippen molar-refractivity contribution in [1.29, 1.82) is 0 Å². The van der Waals surface area contributed by atoms with Crippen molar-refractivity contribution in [3.05, 3.63) is 132 Å². The maximum absolute atomic E-state index is 13.3. The van der Waals surface area contributed by atoms with Gasteiger partial charge in [-0.15, -0.1) is 24.8 Å². The van der Waals surface area contributed by atoms with E-state index < -0.39 is 15.4 Å². The first-order valence-electron chi connectivity index (χ1n) is 12.3. The summed E-state index contributed by atoms with van der Waals surface area (Å²) in [5.41, 5.74) is 3.68. The predicted molar refractivity (Wildman–Crippen MR) is 160 cm³/mol. The molecule has 0 radical (unpaired) electrons. The highest BCUT2D eigenvalue weighted by atomic mass is 35.5. The minimum atomic E-state index is -3.67. The van der Waals surface area contributed by atoms with Gasteiger partial charge in [0.25, 0.3) is 0 Å². The highest BCUT2D eigenvalue weighted by molar-refractivity contribution is 7.89. The van der Waals surface area contributed by atoms with E-state index in [0.717, 1.165) is 41.8 Å². The van der Waals surface area contributed by atoms with E-state index >= 15 is 0 Å². The van der Waals surface area contributed by atoms with Gasteiger partial charge in [0.1, 0.15) is 0 Å². The predicted octanol–water partition coefficient (Wildman–Crippen LogP) is 6.07. The molecule has 0 spiro atoms. The smallest absolute Gasteiger partial charge is 0.240 e. The molecule has 0 bridgehead atoms. The summed E-state index contributed by atoms with van der Waals surface area (Å²) < 4.78 is 29.5. The second kappa shape index (κ2) is 15.0. The van der Waals surface area contributed by atoms with Crippen LogP contribution in [-0.2, 0) is 22.0 Å². The minimum Gasteiger partial charge on any atom is -0.311 e. The van der Waals surface area contributed by atoms with Crippen molar-refractivity contribution in [1.82, 2.24) is 15.0 Å². The van der Waals surface area contributed by atoms with Gasteiger partial charge in [0.05, 0.1) is 10.6 Å². The molecule has 0 aliphatic carbocycles. The Morgan fingerprint density at radius 2 is 1.34 bits per heavy atom. The first-order valence-corrected chi connectivity index (χ1v) is 13.8. The molecule has 0 aliphatic heterocycles. The van der Waals surface area contributed by atoms with Crippen molar-refractivity contribution < 1.29 is 8.42 Å².